The lowest BCUT2D eigenvalue weighted by Crippen LogP contribution is -2.40. The Morgan fingerprint density at radius 3 is 2.70 bits per heavy atom. The van der Waals surface area contributed by atoms with Crippen molar-refractivity contribution in [3.63, 3.8) is 0 Å². The summed E-state index contributed by atoms with van der Waals surface area (Å²) in [5.41, 5.74) is 0.536. The van der Waals surface area contributed by atoms with Gasteiger partial charge in [0.25, 0.3) is 0 Å². The van der Waals surface area contributed by atoms with Crippen LogP contribution in [0, 0.1) is 5.92 Å². The van der Waals surface area contributed by atoms with Gasteiger partial charge in [-0.15, -0.1) is 0 Å². The molecule has 0 heterocycles. The highest BCUT2D eigenvalue weighted by molar-refractivity contribution is 9.10. The van der Waals surface area contributed by atoms with Crippen LogP contribution < -0.4 is 5.32 Å². The summed E-state index contributed by atoms with van der Waals surface area (Å²) in [7, 11) is 0. The predicted molar refractivity (Wildman–Crippen MR) is 80.1 cm³/mol. The van der Waals surface area contributed by atoms with Crippen LogP contribution in [0.5, 0.6) is 0 Å². The molecule has 108 valence electrons. The highest BCUT2D eigenvalue weighted by atomic mass is 79.9. The van der Waals surface area contributed by atoms with E-state index in [0.29, 0.717) is 23.2 Å². The van der Waals surface area contributed by atoms with Crippen LogP contribution >= 0.6 is 27.5 Å². The first kappa shape index (κ1) is 15.1. The van der Waals surface area contributed by atoms with Crippen LogP contribution in [0.4, 0.5) is 10.5 Å². The summed E-state index contributed by atoms with van der Waals surface area (Å²) in [5, 5.41) is 12.0. The van der Waals surface area contributed by atoms with Gasteiger partial charge in [-0.3, -0.25) is 4.79 Å². The molecule has 1 aromatic rings. The molecule has 0 saturated heterocycles. The van der Waals surface area contributed by atoms with Gasteiger partial charge in [-0.05, 0) is 52.9 Å². The van der Waals surface area contributed by atoms with Gasteiger partial charge in [0.1, 0.15) is 6.54 Å². The predicted octanol–water partition coefficient (Wildman–Crippen LogP) is 3.43. The maximum absolute atomic E-state index is 12.1. The molecule has 1 aromatic carbocycles. The molecule has 0 aliphatic heterocycles. The molecule has 0 bridgehead atoms. The average Bonchev–Trinajstić information content (AvgIpc) is 3.16. The van der Waals surface area contributed by atoms with E-state index in [1.165, 1.54) is 4.90 Å². The Labute approximate surface area is 130 Å². The van der Waals surface area contributed by atoms with Gasteiger partial charge in [0.2, 0.25) is 0 Å². The number of benzene rings is 1. The van der Waals surface area contributed by atoms with Crippen molar-refractivity contribution in [2.75, 3.05) is 18.4 Å². The van der Waals surface area contributed by atoms with Crippen LogP contribution in [-0.2, 0) is 4.79 Å². The topological polar surface area (TPSA) is 69.6 Å². The summed E-state index contributed by atoms with van der Waals surface area (Å²) >= 11 is 9.22. The number of aliphatic carboxylic acids is 1. The SMILES string of the molecule is O=C(O)CN(CC1CC1)C(=O)Nc1ccc(Br)c(Cl)c1. The molecule has 20 heavy (non-hydrogen) atoms. The van der Waals surface area contributed by atoms with E-state index in [4.69, 9.17) is 16.7 Å². The first-order valence-electron chi connectivity index (χ1n) is 6.18. The van der Waals surface area contributed by atoms with Crippen LogP contribution in [-0.4, -0.2) is 35.1 Å². The van der Waals surface area contributed by atoms with Gasteiger partial charge in [-0.2, -0.15) is 0 Å². The molecule has 2 rings (SSSR count). The lowest BCUT2D eigenvalue weighted by molar-refractivity contribution is -0.137. The van der Waals surface area contributed by atoms with Crippen LogP contribution in [0.25, 0.3) is 0 Å². The molecule has 0 aromatic heterocycles. The first-order chi connectivity index (χ1) is 9.45. The lowest BCUT2D eigenvalue weighted by atomic mass is 10.3. The molecular weight excluding hydrogens is 348 g/mol. The minimum Gasteiger partial charge on any atom is -0.480 e. The fourth-order valence-corrected chi connectivity index (χ4v) is 2.20. The number of amides is 2. The van der Waals surface area contributed by atoms with Crippen LogP contribution in [0.15, 0.2) is 22.7 Å². The number of nitrogens with one attached hydrogen (secondary N) is 1. The van der Waals surface area contributed by atoms with Crippen molar-refractivity contribution in [3.8, 4) is 0 Å². The molecule has 0 spiro atoms. The lowest BCUT2D eigenvalue weighted by Gasteiger charge is -2.21. The Bertz CT molecular complexity index is 534. The molecule has 7 heteroatoms. The second kappa shape index (κ2) is 6.45. The molecule has 5 nitrogen and oxygen atoms in total. The van der Waals surface area contributed by atoms with Crippen molar-refractivity contribution in [3.05, 3.63) is 27.7 Å². The fourth-order valence-electron chi connectivity index (χ4n) is 1.77. The van der Waals surface area contributed by atoms with Crippen molar-refractivity contribution >= 4 is 45.2 Å². The van der Waals surface area contributed by atoms with Crippen molar-refractivity contribution < 1.29 is 14.7 Å². The molecule has 1 aliphatic carbocycles. The third kappa shape index (κ3) is 4.38. The van der Waals surface area contributed by atoms with E-state index in [1.807, 2.05) is 0 Å². The molecule has 1 fully saturated rings. The standard InChI is InChI=1S/C13H14BrClN2O3/c14-10-4-3-9(5-11(10)15)16-13(20)17(7-12(18)19)6-8-1-2-8/h3-5,8H,1-2,6-7H2,(H,16,20)(H,18,19). The van der Waals surface area contributed by atoms with Crippen LogP contribution in [0.1, 0.15) is 12.8 Å². The highest BCUT2D eigenvalue weighted by Crippen LogP contribution is 2.30. The molecule has 0 radical (unpaired) electrons. The Kier molecular flexibility index (Phi) is 4.88. The quantitative estimate of drug-likeness (QED) is 0.844. The third-order valence-electron chi connectivity index (χ3n) is 2.96. The van der Waals surface area contributed by atoms with E-state index >= 15 is 0 Å². The molecule has 0 atom stereocenters. The van der Waals surface area contributed by atoms with Gasteiger partial charge < -0.3 is 15.3 Å². The largest absolute Gasteiger partial charge is 0.480 e. The number of carboxylic acid groups (broad SMARTS) is 1. The molecule has 1 saturated carbocycles. The first-order valence-corrected chi connectivity index (χ1v) is 7.35. The van der Waals surface area contributed by atoms with E-state index in [2.05, 4.69) is 21.2 Å². The molecule has 2 N–H and O–H groups in total. The van der Waals surface area contributed by atoms with Crippen molar-refractivity contribution in [1.82, 2.24) is 4.90 Å². The summed E-state index contributed by atoms with van der Waals surface area (Å²) in [5.74, 6) is -0.594. The number of nitrogens with zero attached hydrogens (tertiary/aromatic N) is 1. The zero-order chi connectivity index (χ0) is 14.7. The summed E-state index contributed by atoms with van der Waals surface area (Å²) in [4.78, 5) is 24.2. The van der Waals surface area contributed by atoms with E-state index in [-0.39, 0.29) is 6.54 Å². The third-order valence-corrected chi connectivity index (χ3v) is 4.19. The number of carbonyl (C=O) groups excluding carboxylic acids is 1. The van der Waals surface area contributed by atoms with Gasteiger partial charge in [-0.25, -0.2) is 4.79 Å². The van der Waals surface area contributed by atoms with Gasteiger partial charge in [0.15, 0.2) is 0 Å². The van der Waals surface area contributed by atoms with E-state index in [9.17, 15) is 9.59 Å². The Morgan fingerprint density at radius 1 is 1.45 bits per heavy atom. The Morgan fingerprint density at radius 2 is 2.15 bits per heavy atom. The molecular formula is C13H14BrClN2O3. The molecule has 1 aliphatic rings. The van der Waals surface area contributed by atoms with Crippen molar-refractivity contribution in [1.29, 1.82) is 0 Å². The summed E-state index contributed by atoms with van der Waals surface area (Å²) in [6.07, 6.45) is 2.10. The number of hydrogen-bond acceptors (Lipinski definition) is 2. The maximum Gasteiger partial charge on any atom is 0.323 e. The van der Waals surface area contributed by atoms with Crippen molar-refractivity contribution in [2.45, 2.75) is 12.8 Å². The number of anilines is 1. The number of rotatable bonds is 5. The minimum atomic E-state index is -1.02. The smallest absolute Gasteiger partial charge is 0.323 e. The van der Waals surface area contributed by atoms with E-state index < -0.39 is 12.0 Å². The monoisotopic (exact) mass is 360 g/mol. The van der Waals surface area contributed by atoms with E-state index in [1.54, 1.807) is 18.2 Å². The van der Waals surface area contributed by atoms with Gasteiger partial charge in [0.05, 0.1) is 5.02 Å². The second-order valence-corrected chi connectivity index (χ2v) is 6.04. The number of urea groups is 1. The van der Waals surface area contributed by atoms with Crippen LogP contribution in [0.3, 0.4) is 0 Å². The normalized spacial score (nSPS) is 13.9. The zero-order valence-electron chi connectivity index (χ0n) is 10.6. The molecule has 0 unspecified atom stereocenters. The number of carbonyl (C=O) groups is 2. The Balaban J connectivity index is 2.02. The number of halogens is 2. The Hall–Kier alpha value is -1.27. The number of hydrogen-bond donors (Lipinski definition) is 2. The van der Waals surface area contributed by atoms with Gasteiger partial charge in [0, 0.05) is 16.7 Å². The maximum atomic E-state index is 12.1. The minimum absolute atomic E-state index is 0.299. The fraction of sp³-hybridized carbons (Fsp3) is 0.385. The van der Waals surface area contributed by atoms with Gasteiger partial charge in [-0.1, -0.05) is 11.6 Å². The number of carboxylic acids is 1. The highest BCUT2D eigenvalue weighted by Gasteiger charge is 2.28. The van der Waals surface area contributed by atoms with Gasteiger partial charge >= 0.3 is 12.0 Å². The summed E-state index contributed by atoms with van der Waals surface area (Å²) in [6, 6.07) is 4.61. The summed E-state index contributed by atoms with van der Waals surface area (Å²) in [6.45, 7) is 0.176. The summed E-state index contributed by atoms with van der Waals surface area (Å²) < 4.78 is 0.734. The average molecular weight is 362 g/mol. The zero-order valence-corrected chi connectivity index (χ0v) is 12.9. The van der Waals surface area contributed by atoms with Crippen molar-refractivity contribution in [2.24, 2.45) is 5.92 Å². The molecule has 2 amide bonds. The van der Waals surface area contributed by atoms with Crippen LogP contribution in [0.2, 0.25) is 5.02 Å². The van der Waals surface area contributed by atoms with E-state index in [0.717, 1.165) is 17.3 Å². The second-order valence-electron chi connectivity index (χ2n) is 4.78.